The second-order valence-corrected chi connectivity index (χ2v) is 4.76. The molecule has 15 heavy (non-hydrogen) atoms. The Morgan fingerprint density at radius 3 is 2.40 bits per heavy atom. The van der Waals surface area contributed by atoms with Crippen molar-refractivity contribution >= 4 is 5.97 Å². The van der Waals surface area contributed by atoms with Crippen LogP contribution in [0.3, 0.4) is 0 Å². The van der Waals surface area contributed by atoms with Crippen LogP contribution < -0.4 is 5.73 Å². The molecule has 1 saturated carbocycles. The van der Waals surface area contributed by atoms with Gasteiger partial charge in [-0.05, 0) is 39.3 Å². The standard InChI is InChI=1S/C11H22N2O2/c1-13(2)10(7-9(12)11(14)15)8-5-3-4-6-8/h8-10H,3-7,12H2,1-2H3,(H,14,15). The van der Waals surface area contributed by atoms with Gasteiger partial charge in [0, 0.05) is 6.04 Å². The van der Waals surface area contributed by atoms with Gasteiger partial charge in [-0.3, -0.25) is 4.79 Å². The molecule has 0 aromatic rings. The Morgan fingerprint density at radius 2 is 2.00 bits per heavy atom. The molecule has 3 N–H and O–H groups in total. The highest BCUT2D eigenvalue weighted by Gasteiger charge is 2.29. The van der Waals surface area contributed by atoms with Gasteiger partial charge in [0.2, 0.25) is 0 Å². The Hall–Kier alpha value is -0.610. The molecule has 1 aliphatic carbocycles. The van der Waals surface area contributed by atoms with Crippen LogP contribution in [0.15, 0.2) is 0 Å². The molecule has 0 amide bonds. The lowest BCUT2D eigenvalue weighted by Crippen LogP contribution is -2.42. The van der Waals surface area contributed by atoms with Crippen molar-refractivity contribution in [1.82, 2.24) is 4.90 Å². The summed E-state index contributed by atoms with van der Waals surface area (Å²) in [6.45, 7) is 0. The first kappa shape index (κ1) is 12.5. The maximum Gasteiger partial charge on any atom is 0.320 e. The van der Waals surface area contributed by atoms with E-state index in [1.54, 1.807) is 0 Å². The molecule has 1 fully saturated rings. The smallest absolute Gasteiger partial charge is 0.320 e. The molecular formula is C11H22N2O2. The van der Waals surface area contributed by atoms with E-state index in [1.165, 1.54) is 25.7 Å². The topological polar surface area (TPSA) is 66.6 Å². The average molecular weight is 214 g/mol. The van der Waals surface area contributed by atoms with Gasteiger partial charge in [0.05, 0.1) is 0 Å². The quantitative estimate of drug-likeness (QED) is 0.714. The van der Waals surface area contributed by atoms with E-state index in [4.69, 9.17) is 10.8 Å². The zero-order valence-electron chi connectivity index (χ0n) is 9.65. The average Bonchev–Trinajstić information content (AvgIpc) is 2.65. The van der Waals surface area contributed by atoms with E-state index in [1.807, 2.05) is 14.1 Å². The third-order valence-corrected chi connectivity index (χ3v) is 3.42. The van der Waals surface area contributed by atoms with Gasteiger partial charge in [-0.15, -0.1) is 0 Å². The second kappa shape index (κ2) is 5.47. The Kier molecular flexibility index (Phi) is 4.54. The van der Waals surface area contributed by atoms with Crippen molar-refractivity contribution in [1.29, 1.82) is 0 Å². The van der Waals surface area contributed by atoms with E-state index in [-0.39, 0.29) is 0 Å². The first-order valence-corrected chi connectivity index (χ1v) is 5.67. The summed E-state index contributed by atoms with van der Waals surface area (Å²) in [6, 6.07) is -0.406. The van der Waals surface area contributed by atoms with Gasteiger partial charge < -0.3 is 15.7 Å². The molecule has 0 bridgehead atoms. The number of hydrogen-bond acceptors (Lipinski definition) is 3. The van der Waals surface area contributed by atoms with Gasteiger partial charge in [0.1, 0.15) is 6.04 Å². The molecule has 2 atom stereocenters. The lowest BCUT2D eigenvalue weighted by molar-refractivity contribution is -0.139. The van der Waals surface area contributed by atoms with Crippen LogP contribution in [0.2, 0.25) is 0 Å². The van der Waals surface area contributed by atoms with E-state index in [9.17, 15) is 4.79 Å². The molecule has 0 aliphatic heterocycles. The van der Waals surface area contributed by atoms with Crippen molar-refractivity contribution in [2.24, 2.45) is 11.7 Å². The number of carbonyl (C=O) groups is 1. The van der Waals surface area contributed by atoms with Crippen LogP contribution in [-0.4, -0.2) is 42.2 Å². The molecule has 1 rings (SSSR count). The van der Waals surface area contributed by atoms with Gasteiger partial charge >= 0.3 is 5.97 Å². The summed E-state index contributed by atoms with van der Waals surface area (Å²) in [7, 11) is 4.02. The molecule has 88 valence electrons. The van der Waals surface area contributed by atoms with Crippen molar-refractivity contribution in [3.8, 4) is 0 Å². The summed E-state index contributed by atoms with van der Waals surface area (Å²) in [5, 5.41) is 8.81. The van der Waals surface area contributed by atoms with Crippen LogP contribution in [-0.2, 0) is 4.79 Å². The first-order chi connectivity index (χ1) is 7.02. The minimum atomic E-state index is -0.889. The molecule has 1 aliphatic rings. The number of aliphatic carboxylic acids is 1. The summed E-state index contributed by atoms with van der Waals surface area (Å²) in [5.41, 5.74) is 5.60. The molecule has 0 heterocycles. The summed E-state index contributed by atoms with van der Waals surface area (Å²) >= 11 is 0. The van der Waals surface area contributed by atoms with Crippen LogP contribution in [0.4, 0.5) is 0 Å². The maximum atomic E-state index is 10.7. The fourth-order valence-corrected chi connectivity index (χ4v) is 2.53. The lowest BCUT2D eigenvalue weighted by atomic mass is 9.91. The van der Waals surface area contributed by atoms with Gasteiger partial charge in [-0.25, -0.2) is 0 Å². The van der Waals surface area contributed by atoms with E-state index < -0.39 is 12.0 Å². The molecule has 4 heteroatoms. The van der Waals surface area contributed by atoms with E-state index in [0.717, 1.165) is 0 Å². The van der Waals surface area contributed by atoms with Gasteiger partial charge in [0.25, 0.3) is 0 Å². The van der Waals surface area contributed by atoms with Crippen LogP contribution in [0.25, 0.3) is 0 Å². The minimum Gasteiger partial charge on any atom is -0.480 e. The molecule has 0 spiro atoms. The van der Waals surface area contributed by atoms with Crippen molar-refractivity contribution < 1.29 is 9.90 Å². The Balaban J connectivity index is 2.53. The van der Waals surface area contributed by atoms with Crippen LogP contribution in [0.5, 0.6) is 0 Å². The fraction of sp³-hybridized carbons (Fsp3) is 0.909. The summed E-state index contributed by atoms with van der Waals surface area (Å²) < 4.78 is 0. The highest BCUT2D eigenvalue weighted by molar-refractivity contribution is 5.73. The first-order valence-electron chi connectivity index (χ1n) is 5.67. The number of carboxylic acid groups (broad SMARTS) is 1. The van der Waals surface area contributed by atoms with Crippen molar-refractivity contribution in [3.05, 3.63) is 0 Å². The van der Waals surface area contributed by atoms with Crippen molar-refractivity contribution in [2.45, 2.75) is 44.2 Å². The van der Waals surface area contributed by atoms with E-state index >= 15 is 0 Å². The van der Waals surface area contributed by atoms with Gasteiger partial charge in [-0.1, -0.05) is 12.8 Å². The molecular weight excluding hydrogens is 192 g/mol. The lowest BCUT2D eigenvalue weighted by Gasteiger charge is -2.31. The zero-order chi connectivity index (χ0) is 11.4. The van der Waals surface area contributed by atoms with Crippen LogP contribution in [0, 0.1) is 5.92 Å². The molecule has 0 aromatic heterocycles. The molecule has 0 radical (unpaired) electrons. The highest BCUT2D eigenvalue weighted by atomic mass is 16.4. The SMILES string of the molecule is CN(C)C(CC(N)C(=O)O)C1CCCC1. The van der Waals surface area contributed by atoms with Crippen LogP contribution >= 0.6 is 0 Å². The predicted octanol–water partition coefficient (Wildman–Crippen LogP) is 0.909. The Labute approximate surface area is 91.4 Å². The van der Waals surface area contributed by atoms with E-state index in [2.05, 4.69) is 4.90 Å². The Morgan fingerprint density at radius 1 is 1.47 bits per heavy atom. The number of nitrogens with two attached hydrogens (primary N) is 1. The molecule has 0 saturated heterocycles. The zero-order valence-corrected chi connectivity index (χ0v) is 9.65. The monoisotopic (exact) mass is 214 g/mol. The number of hydrogen-bond donors (Lipinski definition) is 2. The number of carboxylic acids is 1. The third-order valence-electron chi connectivity index (χ3n) is 3.42. The fourth-order valence-electron chi connectivity index (χ4n) is 2.53. The van der Waals surface area contributed by atoms with Crippen molar-refractivity contribution in [3.63, 3.8) is 0 Å². The maximum absolute atomic E-state index is 10.7. The third kappa shape index (κ3) is 3.47. The van der Waals surface area contributed by atoms with E-state index in [0.29, 0.717) is 18.4 Å². The highest BCUT2D eigenvalue weighted by Crippen LogP contribution is 2.31. The molecule has 4 nitrogen and oxygen atoms in total. The predicted molar refractivity (Wildman–Crippen MR) is 59.7 cm³/mol. The van der Waals surface area contributed by atoms with Gasteiger partial charge in [0.15, 0.2) is 0 Å². The molecule has 0 aromatic carbocycles. The normalized spacial score (nSPS) is 21.9. The van der Waals surface area contributed by atoms with Crippen molar-refractivity contribution in [2.75, 3.05) is 14.1 Å². The Bertz CT molecular complexity index is 213. The minimum absolute atomic E-state index is 0.318. The molecule has 2 unspecified atom stereocenters. The summed E-state index contributed by atoms with van der Waals surface area (Å²) in [6.07, 6.45) is 5.55. The number of nitrogens with zero attached hydrogens (tertiary/aromatic N) is 1. The summed E-state index contributed by atoms with van der Waals surface area (Å²) in [5.74, 6) is -0.259. The van der Waals surface area contributed by atoms with Crippen LogP contribution in [0.1, 0.15) is 32.1 Å². The second-order valence-electron chi connectivity index (χ2n) is 4.76. The summed E-state index contributed by atoms with van der Waals surface area (Å²) in [4.78, 5) is 12.9. The largest absolute Gasteiger partial charge is 0.480 e. The number of rotatable bonds is 5. The van der Waals surface area contributed by atoms with Gasteiger partial charge in [-0.2, -0.15) is 0 Å².